The number of thiophene rings is 1. The van der Waals surface area contributed by atoms with Gasteiger partial charge in [-0.05, 0) is 38.3 Å². The third-order valence-corrected chi connectivity index (χ3v) is 4.03. The standard InChI is InChI=1S/C14H19N3OS/c1-9(2)17-8-11(15)7-12(17)14(18)16-10(3)13-5-4-6-19-13/h4-10H,15H2,1-3H3,(H,16,18). The number of nitrogens with one attached hydrogen (secondary N) is 1. The zero-order valence-electron chi connectivity index (χ0n) is 11.4. The fraction of sp³-hybridized carbons (Fsp3) is 0.357. The number of carbonyl (C=O) groups excluding carboxylic acids is 1. The van der Waals surface area contributed by atoms with Gasteiger partial charge >= 0.3 is 0 Å². The van der Waals surface area contributed by atoms with Crippen molar-refractivity contribution in [3.63, 3.8) is 0 Å². The van der Waals surface area contributed by atoms with Crippen LogP contribution in [0.15, 0.2) is 29.8 Å². The van der Waals surface area contributed by atoms with Crippen LogP contribution in [-0.4, -0.2) is 10.5 Å². The summed E-state index contributed by atoms with van der Waals surface area (Å²) in [6.07, 6.45) is 1.80. The summed E-state index contributed by atoms with van der Waals surface area (Å²) in [4.78, 5) is 13.4. The van der Waals surface area contributed by atoms with E-state index in [-0.39, 0.29) is 18.0 Å². The number of nitrogen functional groups attached to an aromatic ring is 1. The Morgan fingerprint density at radius 1 is 1.42 bits per heavy atom. The highest BCUT2D eigenvalue weighted by molar-refractivity contribution is 7.10. The highest BCUT2D eigenvalue weighted by atomic mass is 32.1. The molecule has 2 aromatic rings. The number of aromatic nitrogens is 1. The molecular weight excluding hydrogens is 258 g/mol. The average molecular weight is 277 g/mol. The van der Waals surface area contributed by atoms with E-state index in [9.17, 15) is 4.79 Å². The molecule has 19 heavy (non-hydrogen) atoms. The van der Waals surface area contributed by atoms with Crippen LogP contribution in [0.4, 0.5) is 5.69 Å². The molecule has 0 aliphatic rings. The van der Waals surface area contributed by atoms with Crippen LogP contribution in [0.1, 0.15) is 48.2 Å². The molecule has 2 heterocycles. The Morgan fingerprint density at radius 3 is 2.74 bits per heavy atom. The van der Waals surface area contributed by atoms with Gasteiger partial charge in [-0.2, -0.15) is 0 Å². The van der Waals surface area contributed by atoms with Crippen LogP contribution in [0.3, 0.4) is 0 Å². The molecule has 2 aromatic heterocycles. The van der Waals surface area contributed by atoms with Crippen LogP contribution in [0.2, 0.25) is 0 Å². The topological polar surface area (TPSA) is 60.1 Å². The molecule has 3 N–H and O–H groups in total. The number of rotatable bonds is 4. The van der Waals surface area contributed by atoms with E-state index in [1.54, 1.807) is 23.6 Å². The zero-order valence-corrected chi connectivity index (χ0v) is 12.2. The van der Waals surface area contributed by atoms with Crippen LogP contribution < -0.4 is 11.1 Å². The minimum atomic E-state index is -0.0914. The quantitative estimate of drug-likeness (QED) is 0.901. The van der Waals surface area contributed by atoms with E-state index in [2.05, 4.69) is 5.32 Å². The van der Waals surface area contributed by atoms with Gasteiger partial charge in [-0.1, -0.05) is 6.07 Å². The molecule has 1 unspecified atom stereocenters. The normalized spacial score (nSPS) is 12.6. The maximum absolute atomic E-state index is 12.3. The summed E-state index contributed by atoms with van der Waals surface area (Å²) < 4.78 is 1.89. The number of hydrogen-bond acceptors (Lipinski definition) is 3. The number of nitrogens with zero attached hydrogens (tertiary/aromatic N) is 1. The van der Waals surface area contributed by atoms with Gasteiger partial charge in [0, 0.05) is 17.1 Å². The molecule has 5 heteroatoms. The lowest BCUT2D eigenvalue weighted by atomic mass is 10.2. The number of nitrogens with two attached hydrogens (primary N) is 1. The van der Waals surface area contributed by atoms with Gasteiger partial charge in [0.1, 0.15) is 5.69 Å². The zero-order chi connectivity index (χ0) is 14.0. The van der Waals surface area contributed by atoms with Gasteiger partial charge in [-0.25, -0.2) is 0 Å². The monoisotopic (exact) mass is 277 g/mol. The lowest BCUT2D eigenvalue weighted by Gasteiger charge is -2.15. The van der Waals surface area contributed by atoms with Crippen molar-refractivity contribution in [1.82, 2.24) is 9.88 Å². The molecule has 2 rings (SSSR count). The van der Waals surface area contributed by atoms with Crippen molar-refractivity contribution < 1.29 is 4.79 Å². The third-order valence-electron chi connectivity index (χ3n) is 2.98. The molecule has 4 nitrogen and oxygen atoms in total. The van der Waals surface area contributed by atoms with Crippen LogP contribution in [-0.2, 0) is 0 Å². The number of hydrogen-bond donors (Lipinski definition) is 2. The van der Waals surface area contributed by atoms with Crippen molar-refractivity contribution in [3.8, 4) is 0 Å². The molecular formula is C14H19N3OS. The van der Waals surface area contributed by atoms with Gasteiger partial charge in [0.15, 0.2) is 0 Å². The van der Waals surface area contributed by atoms with Crippen molar-refractivity contribution in [3.05, 3.63) is 40.3 Å². The van der Waals surface area contributed by atoms with Crippen LogP contribution in [0, 0.1) is 0 Å². The first kappa shape index (κ1) is 13.7. The van der Waals surface area contributed by atoms with Crippen molar-refractivity contribution in [2.24, 2.45) is 0 Å². The van der Waals surface area contributed by atoms with Gasteiger partial charge in [-0.15, -0.1) is 11.3 Å². The van der Waals surface area contributed by atoms with E-state index in [4.69, 9.17) is 5.73 Å². The molecule has 0 bridgehead atoms. The maximum atomic E-state index is 12.3. The fourth-order valence-electron chi connectivity index (χ4n) is 1.99. The highest BCUT2D eigenvalue weighted by Gasteiger charge is 2.17. The molecule has 0 saturated carbocycles. The Hall–Kier alpha value is -1.75. The Morgan fingerprint density at radius 2 is 2.16 bits per heavy atom. The third kappa shape index (κ3) is 2.98. The molecule has 0 spiro atoms. The second kappa shape index (κ2) is 5.48. The molecule has 1 amide bonds. The number of amides is 1. The Bertz CT molecular complexity index is 557. The Labute approximate surface area is 117 Å². The molecule has 0 fully saturated rings. The minimum absolute atomic E-state index is 0.00392. The number of anilines is 1. The maximum Gasteiger partial charge on any atom is 0.268 e. The minimum Gasteiger partial charge on any atom is -0.397 e. The van der Waals surface area contributed by atoms with Crippen LogP contribution in [0.5, 0.6) is 0 Å². The number of carbonyl (C=O) groups is 1. The first-order valence-electron chi connectivity index (χ1n) is 6.30. The predicted molar refractivity (Wildman–Crippen MR) is 79.4 cm³/mol. The van der Waals surface area contributed by atoms with Gasteiger partial charge in [0.05, 0.1) is 11.7 Å². The van der Waals surface area contributed by atoms with Crippen molar-refractivity contribution in [1.29, 1.82) is 0 Å². The molecule has 102 valence electrons. The van der Waals surface area contributed by atoms with E-state index in [1.165, 1.54) is 0 Å². The van der Waals surface area contributed by atoms with Gasteiger partial charge < -0.3 is 15.6 Å². The first-order chi connectivity index (χ1) is 8.99. The summed E-state index contributed by atoms with van der Waals surface area (Å²) in [5.74, 6) is -0.0914. The summed E-state index contributed by atoms with van der Waals surface area (Å²) in [5.41, 5.74) is 7.00. The SMILES string of the molecule is CC(NC(=O)c1cc(N)cn1C(C)C)c1cccs1. The lowest BCUT2D eigenvalue weighted by molar-refractivity contribution is 0.0929. The Balaban J connectivity index is 2.16. The van der Waals surface area contributed by atoms with E-state index < -0.39 is 0 Å². The summed E-state index contributed by atoms with van der Waals surface area (Å²) in [5, 5.41) is 5.01. The summed E-state index contributed by atoms with van der Waals surface area (Å²) >= 11 is 1.64. The molecule has 0 radical (unpaired) electrons. The van der Waals surface area contributed by atoms with E-state index in [1.807, 2.05) is 42.9 Å². The molecule has 0 aromatic carbocycles. The second-order valence-electron chi connectivity index (χ2n) is 4.87. The van der Waals surface area contributed by atoms with E-state index >= 15 is 0 Å². The first-order valence-corrected chi connectivity index (χ1v) is 7.18. The van der Waals surface area contributed by atoms with E-state index in [0.29, 0.717) is 11.4 Å². The van der Waals surface area contributed by atoms with Crippen molar-refractivity contribution in [2.75, 3.05) is 5.73 Å². The smallest absolute Gasteiger partial charge is 0.268 e. The van der Waals surface area contributed by atoms with Gasteiger partial charge in [0.25, 0.3) is 5.91 Å². The molecule has 0 aliphatic carbocycles. The summed E-state index contributed by atoms with van der Waals surface area (Å²) in [6.45, 7) is 6.04. The molecule has 0 saturated heterocycles. The fourth-order valence-corrected chi connectivity index (χ4v) is 2.72. The summed E-state index contributed by atoms with van der Waals surface area (Å²) in [6, 6.07) is 5.93. The van der Waals surface area contributed by atoms with Crippen molar-refractivity contribution in [2.45, 2.75) is 32.9 Å². The van der Waals surface area contributed by atoms with E-state index in [0.717, 1.165) is 4.88 Å². The predicted octanol–water partition coefficient (Wildman–Crippen LogP) is 3.20. The summed E-state index contributed by atoms with van der Waals surface area (Å²) in [7, 11) is 0. The average Bonchev–Trinajstić information content (AvgIpc) is 2.96. The lowest BCUT2D eigenvalue weighted by Crippen LogP contribution is -2.28. The largest absolute Gasteiger partial charge is 0.397 e. The Kier molecular flexibility index (Phi) is 3.95. The van der Waals surface area contributed by atoms with Crippen LogP contribution >= 0.6 is 11.3 Å². The molecule has 1 atom stereocenters. The van der Waals surface area contributed by atoms with Crippen molar-refractivity contribution >= 4 is 22.9 Å². The second-order valence-corrected chi connectivity index (χ2v) is 5.85. The molecule has 0 aliphatic heterocycles. The van der Waals surface area contributed by atoms with Gasteiger partial charge in [0.2, 0.25) is 0 Å². The van der Waals surface area contributed by atoms with Gasteiger partial charge in [-0.3, -0.25) is 4.79 Å². The highest BCUT2D eigenvalue weighted by Crippen LogP contribution is 2.20. The van der Waals surface area contributed by atoms with Crippen LogP contribution in [0.25, 0.3) is 0 Å².